The summed E-state index contributed by atoms with van der Waals surface area (Å²) in [6.07, 6.45) is 7.98. The molecular weight excluding hydrogens is 286 g/mol. The predicted molar refractivity (Wildman–Crippen MR) is 82.1 cm³/mol. The van der Waals surface area contributed by atoms with Gasteiger partial charge >= 0.3 is 0 Å². The largest absolute Gasteiger partial charge is 0.330 e. The summed E-state index contributed by atoms with van der Waals surface area (Å²) in [5.41, 5.74) is 8.56. The Bertz CT molecular complexity index is 383. The molecule has 1 aromatic rings. The second-order valence-electron chi connectivity index (χ2n) is 5.59. The second-order valence-corrected chi connectivity index (χ2v) is 6.45. The summed E-state index contributed by atoms with van der Waals surface area (Å²) < 4.78 is 1.30. The topological polar surface area (TPSA) is 26.0 Å². The Balaban J connectivity index is 2.13. The molecule has 2 N–H and O–H groups in total. The van der Waals surface area contributed by atoms with E-state index < -0.39 is 0 Å². The van der Waals surface area contributed by atoms with Crippen LogP contribution in [0.2, 0.25) is 0 Å². The van der Waals surface area contributed by atoms with Gasteiger partial charge in [0.15, 0.2) is 0 Å². The van der Waals surface area contributed by atoms with Crippen LogP contribution in [0.15, 0.2) is 22.7 Å². The Morgan fingerprint density at radius 3 is 2.61 bits per heavy atom. The zero-order chi connectivity index (χ0) is 13.0. The Labute approximate surface area is 119 Å². The van der Waals surface area contributed by atoms with Gasteiger partial charge in [0.25, 0.3) is 0 Å². The predicted octanol–water partition coefficient (Wildman–Crippen LogP) is 4.95. The highest BCUT2D eigenvalue weighted by molar-refractivity contribution is 9.10. The molecular formula is C16H24BrN. The van der Waals surface area contributed by atoms with Crippen LogP contribution in [0.5, 0.6) is 0 Å². The molecule has 0 amide bonds. The fourth-order valence-electron chi connectivity index (χ4n) is 3.01. The smallest absolute Gasteiger partial charge is 0.0212 e. The summed E-state index contributed by atoms with van der Waals surface area (Å²) >= 11 is 3.77. The normalized spacial score (nSPS) is 18.8. The van der Waals surface area contributed by atoms with Gasteiger partial charge in [0.1, 0.15) is 0 Å². The zero-order valence-electron chi connectivity index (χ0n) is 11.3. The van der Waals surface area contributed by atoms with E-state index in [0.29, 0.717) is 5.92 Å². The van der Waals surface area contributed by atoms with Gasteiger partial charge in [0, 0.05) is 4.47 Å². The molecule has 1 unspecified atom stereocenters. The molecule has 18 heavy (non-hydrogen) atoms. The summed E-state index contributed by atoms with van der Waals surface area (Å²) in [5, 5.41) is 0. The third-order valence-electron chi connectivity index (χ3n) is 4.24. The average molecular weight is 310 g/mol. The van der Waals surface area contributed by atoms with E-state index in [2.05, 4.69) is 41.1 Å². The van der Waals surface area contributed by atoms with Crippen molar-refractivity contribution in [2.24, 2.45) is 5.73 Å². The van der Waals surface area contributed by atoms with Crippen molar-refractivity contribution in [3.05, 3.63) is 33.8 Å². The van der Waals surface area contributed by atoms with E-state index in [1.54, 1.807) is 0 Å². The number of nitrogens with two attached hydrogens (primary N) is 1. The lowest BCUT2D eigenvalue weighted by molar-refractivity contribution is 0.442. The van der Waals surface area contributed by atoms with Crippen LogP contribution >= 0.6 is 15.9 Å². The first kappa shape index (κ1) is 14.1. The molecule has 1 aromatic carbocycles. The van der Waals surface area contributed by atoms with Crippen molar-refractivity contribution in [3.63, 3.8) is 0 Å². The molecule has 2 heteroatoms. The van der Waals surface area contributed by atoms with E-state index in [1.807, 2.05) is 0 Å². The minimum Gasteiger partial charge on any atom is -0.330 e. The minimum atomic E-state index is 0.562. The summed E-state index contributed by atoms with van der Waals surface area (Å²) in [6.45, 7) is 3.03. The summed E-state index contributed by atoms with van der Waals surface area (Å²) in [6, 6.07) is 6.95. The van der Waals surface area contributed by atoms with Gasteiger partial charge in [0.05, 0.1) is 0 Å². The Hall–Kier alpha value is -0.340. The highest BCUT2D eigenvalue weighted by Gasteiger charge is 2.18. The van der Waals surface area contributed by atoms with Crippen molar-refractivity contribution >= 4 is 15.9 Å². The molecule has 0 aromatic heterocycles. The van der Waals surface area contributed by atoms with E-state index in [0.717, 1.165) is 18.9 Å². The maximum absolute atomic E-state index is 5.64. The van der Waals surface area contributed by atoms with Crippen LogP contribution < -0.4 is 5.73 Å². The Morgan fingerprint density at radius 1 is 1.28 bits per heavy atom. The lowest BCUT2D eigenvalue weighted by Gasteiger charge is -2.24. The van der Waals surface area contributed by atoms with Gasteiger partial charge in [0.2, 0.25) is 0 Å². The monoisotopic (exact) mass is 309 g/mol. The third kappa shape index (κ3) is 3.36. The van der Waals surface area contributed by atoms with Crippen LogP contribution in [0.1, 0.15) is 68.4 Å². The summed E-state index contributed by atoms with van der Waals surface area (Å²) in [7, 11) is 0. The van der Waals surface area contributed by atoms with Gasteiger partial charge in [-0.15, -0.1) is 0 Å². The molecule has 0 bridgehead atoms. The van der Waals surface area contributed by atoms with Crippen LogP contribution in [0.25, 0.3) is 0 Å². The average Bonchev–Trinajstić information content (AvgIpc) is 2.40. The molecule has 1 nitrogen and oxygen atoms in total. The molecule has 100 valence electrons. The first-order valence-corrected chi connectivity index (χ1v) is 8.01. The summed E-state index contributed by atoms with van der Waals surface area (Å²) in [4.78, 5) is 0. The zero-order valence-corrected chi connectivity index (χ0v) is 12.9. The number of hydrogen-bond acceptors (Lipinski definition) is 1. The number of benzene rings is 1. The Kier molecular flexibility index (Phi) is 5.25. The SMILES string of the molecule is CC(CCN)c1ccc(C2CCCCC2)c(Br)c1. The molecule has 1 aliphatic rings. The van der Waals surface area contributed by atoms with Gasteiger partial charge in [-0.25, -0.2) is 0 Å². The molecule has 0 spiro atoms. The van der Waals surface area contributed by atoms with Crippen molar-refractivity contribution in [2.75, 3.05) is 6.54 Å². The number of halogens is 1. The van der Waals surface area contributed by atoms with Crippen LogP contribution in [0.4, 0.5) is 0 Å². The summed E-state index contributed by atoms with van der Waals surface area (Å²) in [5.74, 6) is 1.33. The molecule has 0 saturated heterocycles. The number of rotatable bonds is 4. The van der Waals surface area contributed by atoms with Crippen molar-refractivity contribution in [2.45, 2.75) is 57.3 Å². The molecule has 1 atom stereocenters. The maximum Gasteiger partial charge on any atom is 0.0212 e. The van der Waals surface area contributed by atoms with Crippen LogP contribution in [-0.4, -0.2) is 6.54 Å². The fraction of sp³-hybridized carbons (Fsp3) is 0.625. The third-order valence-corrected chi connectivity index (χ3v) is 4.92. The fourth-order valence-corrected chi connectivity index (χ4v) is 3.73. The first-order valence-electron chi connectivity index (χ1n) is 7.21. The number of hydrogen-bond donors (Lipinski definition) is 1. The maximum atomic E-state index is 5.64. The van der Waals surface area contributed by atoms with Crippen LogP contribution in [-0.2, 0) is 0 Å². The first-order chi connectivity index (χ1) is 8.72. The van der Waals surface area contributed by atoms with Gasteiger partial charge < -0.3 is 5.73 Å². The molecule has 1 fully saturated rings. The van der Waals surface area contributed by atoms with E-state index in [1.165, 1.54) is 47.7 Å². The molecule has 0 radical (unpaired) electrons. The van der Waals surface area contributed by atoms with Crippen LogP contribution in [0, 0.1) is 0 Å². The van der Waals surface area contributed by atoms with E-state index >= 15 is 0 Å². The van der Waals surface area contributed by atoms with E-state index in [-0.39, 0.29) is 0 Å². The van der Waals surface area contributed by atoms with Crippen molar-refractivity contribution in [1.29, 1.82) is 0 Å². The van der Waals surface area contributed by atoms with Gasteiger partial charge in [-0.2, -0.15) is 0 Å². The quantitative estimate of drug-likeness (QED) is 0.836. The van der Waals surface area contributed by atoms with Gasteiger partial charge in [-0.05, 0) is 54.8 Å². The van der Waals surface area contributed by atoms with E-state index in [4.69, 9.17) is 5.73 Å². The highest BCUT2D eigenvalue weighted by atomic mass is 79.9. The molecule has 0 heterocycles. The highest BCUT2D eigenvalue weighted by Crippen LogP contribution is 2.37. The molecule has 1 aliphatic carbocycles. The van der Waals surface area contributed by atoms with Gasteiger partial charge in [-0.3, -0.25) is 0 Å². The van der Waals surface area contributed by atoms with Crippen molar-refractivity contribution in [3.8, 4) is 0 Å². The second kappa shape index (κ2) is 6.72. The minimum absolute atomic E-state index is 0.562. The lowest BCUT2D eigenvalue weighted by Crippen LogP contribution is -2.07. The lowest BCUT2D eigenvalue weighted by atomic mass is 9.83. The standard InChI is InChI=1S/C16H24BrN/c1-12(9-10-18)14-7-8-15(16(17)11-14)13-5-3-2-4-6-13/h7-8,11-13H,2-6,9-10,18H2,1H3. The Morgan fingerprint density at radius 2 is 2.00 bits per heavy atom. The molecule has 2 rings (SSSR count). The van der Waals surface area contributed by atoms with Crippen molar-refractivity contribution < 1.29 is 0 Å². The molecule has 0 aliphatic heterocycles. The van der Waals surface area contributed by atoms with Crippen LogP contribution in [0.3, 0.4) is 0 Å². The molecule has 1 saturated carbocycles. The van der Waals surface area contributed by atoms with Gasteiger partial charge in [-0.1, -0.05) is 54.2 Å². The van der Waals surface area contributed by atoms with Crippen molar-refractivity contribution in [1.82, 2.24) is 0 Å². The van der Waals surface area contributed by atoms with E-state index in [9.17, 15) is 0 Å².